The summed E-state index contributed by atoms with van der Waals surface area (Å²) in [7, 11) is 0. The molecule has 0 aliphatic carbocycles. The highest BCUT2D eigenvalue weighted by molar-refractivity contribution is 9.10. The van der Waals surface area contributed by atoms with Crippen molar-refractivity contribution in [3.8, 4) is 0 Å². The van der Waals surface area contributed by atoms with Gasteiger partial charge in [0, 0.05) is 9.35 Å². The Bertz CT molecular complexity index is 482. The highest BCUT2D eigenvalue weighted by Crippen LogP contribution is 2.35. The topological polar surface area (TPSA) is 63.8 Å². The second-order valence-corrected chi connectivity index (χ2v) is 6.15. The maximum Gasteiger partial charge on any atom is 0.0940 e. The summed E-state index contributed by atoms with van der Waals surface area (Å²) >= 11 is 6.62. The minimum atomic E-state index is -0.0223. The number of hydrazine groups is 1. The Morgan fingerprint density at radius 3 is 2.94 bits per heavy atom. The van der Waals surface area contributed by atoms with Crippen molar-refractivity contribution in [1.82, 2.24) is 15.0 Å². The molecule has 0 aliphatic rings. The Kier molecular flexibility index (Phi) is 4.63. The molecule has 0 fully saturated rings. The van der Waals surface area contributed by atoms with Gasteiger partial charge in [-0.2, -0.15) is 0 Å². The average Bonchev–Trinajstić information content (AvgIpc) is 2.92. The van der Waals surface area contributed by atoms with Crippen LogP contribution < -0.4 is 11.3 Å². The minimum Gasteiger partial charge on any atom is -0.271 e. The van der Waals surface area contributed by atoms with Crippen LogP contribution in [0.4, 0.5) is 0 Å². The number of nitrogens with zero attached hydrogens (tertiary/aromatic N) is 2. The predicted octanol–water partition coefficient (Wildman–Crippen LogP) is 2.87. The van der Waals surface area contributed by atoms with Gasteiger partial charge in [0.05, 0.1) is 16.6 Å². The van der Waals surface area contributed by atoms with E-state index in [2.05, 4.69) is 37.9 Å². The number of aromatic nitrogens is 2. The second kappa shape index (κ2) is 6.01. The van der Waals surface area contributed by atoms with Gasteiger partial charge in [0.15, 0.2) is 0 Å². The fourth-order valence-electron chi connectivity index (χ4n) is 1.63. The highest BCUT2D eigenvalue weighted by atomic mass is 79.9. The molecule has 2 aromatic heterocycles. The van der Waals surface area contributed by atoms with E-state index in [1.54, 1.807) is 11.3 Å². The third-order valence-electron chi connectivity index (χ3n) is 2.41. The lowest BCUT2D eigenvalue weighted by Crippen LogP contribution is -2.28. The molecule has 0 radical (unpaired) electrons. The Morgan fingerprint density at radius 2 is 2.35 bits per heavy atom. The summed E-state index contributed by atoms with van der Waals surface area (Å²) in [4.78, 5) is 2.27. The first-order chi connectivity index (χ1) is 8.27. The SMILES string of the molecule is CCCc1nnsc1C(NN)c1sccc1Br. The van der Waals surface area contributed by atoms with E-state index < -0.39 is 0 Å². The number of rotatable bonds is 5. The van der Waals surface area contributed by atoms with Crippen molar-refractivity contribution in [2.24, 2.45) is 5.84 Å². The van der Waals surface area contributed by atoms with E-state index in [1.165, 1.54) is 11.5 Å². The standard InChI is InChI=1S/C10H13BrN4S2/c1-2-3-7-10(17-15-14-7)8(13-12)9-6(11)4-5-16-9/h4-5,8,13H,2-3,12H2,1H3. The van der Waals surface area contributed by atoms with Crippen molar-refractivity contribution >= 4 is 38.8 Å². The first kappa shape index (κ1) is 13.1. The Morgan fingerprint density at radius 1 is 1.53 bits per heavy atom. The number of nitrogens with two attached hydrogens (primary N) is 1. The molecule has 4 nitrogen and oxygen atoms in total. The Labute approximate surface area is 117 Å². The molecule has 0 aromatic carbocycles. The zero-order valence-corrected chi connectivity index (χ0v) is 12.5. The van der Waals surface area contributed by atoms with E-state index in [-0.39, 0.29) is 6.04 Å². The third-order valence-corrected chi connectivity index (χ3v) is 5.17. The monoisotopic (exact) mass is 332 g/mol. The molecule has 0 saturated carbocycles. The summed E-state index contributed by atoms with van der Waals surface area (Å²) in [5, 5.41) is 6.22. The molecule has 0 amide bonds. The summed E-state index contributed by atoms with van der Waals surface area (Å²) in [6.07, 6.45) is 1.99. The van der Waals surface area contributed by atoms with Crippen LogP contribution in [0.15, 0.2) is 15.9 Å². The molecule has 7 heteroatoms. The van der Waals surface area contributed by atoms with Crippen LogP contribution in [-0.4, -0.2) is 9.59 Å². The van der Waals surface area contributed by atoms with Gasteiger partial charge < -0.3 is 0 Å². The zero-order valence-electron chi connectivity index (χ0n) is 9.31. The summed E-state index contributed by atoms with van der Waals surface area (Å²) in [6, 6.07) is 2.00. The largest absolute Gasteiger partial charge is 0.271 e. The van der Waals surface area contributed by atoms with Crippen LogP contribution in [0.3, 0.4) is 0 Å². The lowest BCUT2D eigenvalue weighted by atomic mass is 10.1. The molecule has 2 aromatic rings. The van der Waals surface area contributed by atoms with E-state index in [0.29, 0.717) is 0 Å². The normalized spacial score (nSPS) is 12.9. The van der Waals surface area contributed by atoms with E-state index in [4.69, 9.17) is 5.84 Å². The van der Waals surface area contributed by atoms with Crippen molar-refractivity contribution in [3.63, 3.8) is 0 Å². The molecule has 1 atom stereocenters. The fraction of sp³-hybridized carbons (Fsp3) is 0.400. The van der Waals surface area contributed by atoms with Crippen LogP contribution in [0.5, 0.6) is 0 Å². The second-order valence-electron chi connectivity index (χ2n) is 3.57. The van der Waals surface area contributed by atoms with Crippen molar-refractivity contribution in [2.45, 2.75) is 25.8 Å². The highest BCUT2D eigenvalue weighted by Gasteiger charge is 2.22. The summed E-state index contributed by atoms with van der Waals surface area (Å²) in [5.74, 6) is 5.68. The van der Waals surface area contributed by atoms with Crippen LogP contribution in [0.2, 0.25) is 0 Å². The molecule has 0 saturated heterocycles. The molecule has 0 bridgehead atoms. The minimum absolute atomic E-state index is 0.0223. The van der Waals surface area contributed by atoms with Gasteiger partial charge in [-0.1, -0.05) is 17.8 Å². The van der Waals surface area contributed by atoms with Gasteiger partial charge in [-0.05, 0) is 45.3 Å². The van der Waals surface area contributed by atoms with Crippen LogP contribution >= 0.6 is 38.8 Å². The molecule has 17 heavy (non-hydrogen) atoms. The quantitative estimate of drug-likeness (QED) is 0.652. The Balaban J connectivity index is 2.35. The van der Waals surface area contributed by atoms with Crippen molar-refractivity contribution in [2.75, 3.05) is 0 Å². The number of hydrogen-bond donors (Lipinski definition) is 2. The maximum atomic E-state index is 5.68. The first-order valence-electron chi connectivity index (χ1n) is 5.28. The molecule has 92 valence electrons. The molecule has 2 rings (SSSR count). The smallest absolute Gasteiger partial charge is 0.0940 e. The van der Waals surface area contributed by atoms with Crippen LogP contribution in [0.25, 0.3) is 0 Å². The van der Waals surface area contributed by atoms with E-state index in [1.807, 2.05) is 11.4 Å². The van der Waals surface area contributed by atoms with Crippen molar-refractivity contribution in [3.05, 3.63) is 31.4 Å². The van der Waals surface area contributed by atoms with Crippen LogP contribution in [0.1, 0.15) is 34.8 Å². The molecular formula is C10H13BrN4S2. The van der Waals surface area contributed by atoms with Gasteiger partial charge in [0.25, 0.3) is 0 Å². The van der Waals surface area contributed by atoms with Crippen molar-refractivity contribution < 1.29 is 0 Å². The summed E-state index contributed by atoms with van der Waals surface area (Å²) in [5.41, 5.74) is 3.90. The third kappa shape index (κ3) is 2.74. The van der Waals surface area contributed by atoms with Gasteiger partial charge in [0.1, 0.15) is 0 Å². The maximum absolute atomic E-state index is 5.68. The van der Waals surface area contributed by atoms with E-state index >= 15 is 0 Å². The summed E-state index contributed by atoms with van der Waals surface area (Å²) in [6.45, 7) is 2.13. The number of nitrogens with one attached hydrogen (secondary N) is 1. The molecule has 0 spiro atoms. The number of hydrogen-bond acceptors (Lipinski definition) is 6. The molecule has 1 unspecified atom stereocenters. The zero-order chi connectivity index (χ0) is 12.3. The molecular weight excluding hydrogens is 320 g/mol. The van der Waals surface area contributed by atoms with Gasteiger partial charge in [-0.25, -0.2) is 5.43 Å². The van der Waals surface area contributed by atoms with Crippen molar-refractivity contribution in [1.29, 1.82) is 0 Å². The number of halogens is 1. The molecule has 2 heterocycles. The predicted molar refractivity (Wildman–Crippen MR) is 75.1 cm³/mol. The van der Waals surface area contributed by atoms with Gasteiger partial charge in [0.2, 0.25) is 0 Å². The first-order valence-corrected chi connectivity index (χ1v) is 7.72. The Hall–Kier alpha value is -0.340. The molecule has 0 aliphatic heterocycles. The van der Waals surface area contributed by atoms with Crippen LogP contribution in [-0.2, 0) is 6.42 Å². The molecule has 3 N–H and O–H groups in total. The van der Waals surface area contributed by atoms with E-state index in [9.17, 15) is 0 Å². The lowest BCUT2D eigenvalue weighted by molar-refractivity contribution is 0.644. The average molecular weight is 333 g/mol. The van der Waals surface area contributed by atoms with Gasteiger partial charge in [-0.3, -0.25) is 5.84 Å². The van der Waals surface area contributed by atoms with Gasteiger partial charge in [-0.15, -0.1) is 16.4 Å². The van der Waals surface area contributed by atoms with E-state index in [0.717, 1.165) is 32.8 Å². The number of aryl methyl sites for hydroxylation is 1. The summed E-state index contributed by atoms with van der Waals surface area (Å²) < 4.78 is 5.11. The lowest BCUT2D eigenvalue weighted by Gasteiger charge is -2.13. The van der Waals surface area contributed by atoms with Crippen LogP contribution in [0, 0.1) is 0 Å². The number of thiophene rings is 1. The van der Waals surface area contributed by atoms with Gasteiger partial charge >= 0.3 is 0 Å². The fourth-order valence-corrected chi connectivity index (χ4v) is 4.14.